The Balaban J connectivity index is 2.05. The maximum absolute atomic E-state index is 13.9. The van der Waals surface area contributed by atoms with E-state index in [-0.39, 0.29) is 17.3 Å². The Bertz CT molecular complexity index is 1440. The first kappa shape index (κ1) is 30.5. The van der Waals surface area contributed by atoms with E-state index in [0.717, 1.165) is 9.87 Å². The molecule has 1 atom stereocenters. The maximum atomic E-state index is 13.9. The number of carbonyl (C=O) groups is 2. The molecule has 0 saturated heterocycles. The van der Waals surface area contributed by atoms with Gasteiger partial charge in [-0.25, -0.2) is 8.42 Å². The number of amides is 2. The molecule has 7 nitrogen and oxygen atoms in total. The van der Waals surface area contributed by atoms with Crippen molar-refractivity contribution in [3.63, 3.8) is 0 Å². The second-order valence-corrected chi connectivity index (χ2v) is 13.0. The van der Waals surface area contributed by atoms with Crippen molar-refractivity contribution in [3.8, 4) is 0 Å². The van der Waals surface area contributed by atoms with Crippen molar-refractivity contribution in [2.45, 2.75) is 57.6 Å². The lowest BCUT2D eigenvalue weighted by Gasteiger charge is -2.33. The van der Waals surface area contributed by atoms with E-state index >= 15 is 0 Å². The molecule has 2 amide bonds. The van der Waals surface area contributed by atoms with Crippen LogP contribution in [0.25, 0.3) is 0 Å². The van der Waals surface area contributed by atoms with Gasteiger partial charge in [0.2, 0.25) is 11.8 Å². The van der Waals surface area contributed by atoms with Crippen LogP contribution in [0.15, 0.2) is 77.7 Å². The van der Waals surface area contributed by atoms with Crippen LogP contribution in [-0.4, -0.2) is 43.3 Å². The molecular weight excluding hydrogens is 557 g/mol. The minimum atomic E-state index is -4.17. The standard InChI is InChI=1S/C29H33Cl2N3O4S/c1-20-9-8-11-24(17-20)34(39(37,38)25-15-13-23(30)14-16-25)19-27(35)33(18-22-10-6-7-12-26(22)31)21(2)28(36)32-29(3,4)5/h6-17,21H,18-19H2,1-5H3,(H,32,36)/t21-/m1/s1. The monoisotopic (exact) mass is 589 g/mol. The number of sulfonamides is 1. The van der Waals surface area contributed by atoms with E-state index in [1.54, 1.807) is 49.4 Å². The van der Waals surface area contributed by atoms with Crippen molar-refractivity contribution in [2.24, 2.45) is 0 Å². The fraction of sp³-hybridized carbons (Fsp3) is 0.310. The number of aryl methyl sites for hydroxylation is 1. The summed E-state index contributed by atoms with van der Waals surface area (Å²) in [5, 5.41) is 3.72. The van der Waals surface area contributed by atoms with E-state index in [9.17, 15) is 18.0 Å². The number of nitrogens with one attached hydrogen (secondary N) is 1. The molecule has 3 rings (SSSR count). The smallest absolute Gasteiger partial charge is 0.264 e. The van der Waals surface area contributed by atoms with E-state index in [1.807, 2.05) is 33.8 Å². The van der Waals surface area contributed by atoms with Crippen molar-refractivity contribution >= 4 is 50.7 Å². The number of carbonyl (C=O) groups excluding carboxylic acids is 2. The lowest BCUT2D eigenvalue weighted by molar-refractivity contribution is -0.140. The van der Waals surface area contributed by atoms with E-state index in [2.05, 4.69) is 5.32 Å². The van der Waals surface area contributed by atoms with Crippen molar-refractivity contribution in [1.82, 2.24) is 10.2 Å². The summed E-state index contributed by atoms with van der Waals surface area (Å²) < 4.78 is 28.7. The van der Waals surface area contributed by atoms with Crippen LogP contribution in [0.5, 0.6) is 0 Å². The molecule has 0 bridgehead atoms. The minimum Gasteiger partial charge on any atom is -0.350 e. The number of benzene rings is 3. The van der Waals surface area contributed by atoms with Gasteiger partial charge in [-0.05, 0) is 88.2 Å². The highest BCUT2D eigenvalue weighted by Crippen LogP contribution is 2.27. The van der Waals surface area contributed by atoms with Crippen molar-refractivity contribution < 1.29 is 18.0 Å². The Morgan fingerprint density at radius 3 is 2.18 bits per heavy atom. The van der Waals surface area contributed by atoms with Crippen LogP contribution in [-0.2, 0) is 26.2 Å². The van der Waals surface area contributed by atoms with E-state index < -0.39 is 34.1 Å². The third-order valence-electron chi connectivity index (χ3n) is 5.93. The highest BCUT2D eigenvalue weighted by molar-refractivity contribution is 7.92. The third-order valence-corrected chi connectivity index (χ3v) is 8.34. The van der Waals surface area contributed by atoms with Gasteiger partial charge >= 0.3 is 0 Å². The van der Waals surface area contributed by atoms with Gasteiger partial charge in [0, 0.05) is 22.1 Å². The second kappa shape index (κ2) is 12.4. The lowest BCUT2D eigenvalue weighted by Crippen LogP contribution is -2.54. The Hall–Kier alpha value is -3.07. The summed E-state index contributed by atoms with van der Waals surface area (Å²) in [5.74, 6) is -0.934. The van der Waals surface area contributed by atoms with Crippen LogP contribution in [0, 0.1) is 6.92 Å². The van der Waals surface area contributed by atoms with Crippen LogP contribution >= 0.6 is 23.2 Å². The van der Waals surface area contributed by atoms with Gasteiger partial charge in [0.25, 0.3) is 10.0 Å². The normalized spacial score (nSPS) is 12.5. The number of hydrogen-bond acceptors (Lipinski definition) is 4. The Morgan fingerprint density at radius 2 is 1.59 bits per heavy atom. The molecule has 208 valence electrons. The predicted octanol–water partition coefficient (Wildman–Crippen LogP) is 5.83. The topological polar surface area (TPSA) is 86.8 Å². The van der Waals surface area contributed by atoms with Gasteiger partial charge in [0.1, 0.15) is 12.6 Å². The lowest BCUT2D eigenvalue weighted by atomic mass is 10.1. The van der Waals surface area contributed by atoms with E-state index in [1.165, 1.54) is 29.2 Å². The zero-order valence-electron chi connectivity index (χ0n) is 22.6. The largest absolute Gasteiger partial charge is 0.350 e. The molecule has 10 heteroatoms. The first-order valence-electron chi connectivity index (χ1n) is 12.4. The molecule has 0 aliphatic carbocycles. The average molecular weight is 591 g/mol. The summed E-state index contributed by atoms with van der Waals surface area (Å²) in [7, 11) is -4.17. The number of hydrogen-bond donors (Lipinski definition) is 1. The Kier molecular flexibility index (Phi) is 9.69. The molecule has 0 aliphatic heterocycles. The molecule has 0 heterocycles. The maximum Gasteiger partial charge on any atom is 0.264 e. The third kappa shape index (κ3) is 7.97. The molecule has 1 N–H and O–H groups in total. The molecule has 0 spiro atoms. The minimum absolute atomic E-state index is 0.0138. The van der Waals surface area contributed by atoms with Crippen LogP contribution in [0.3, 0.4) is 0 Å². The molecule has 0 fully saturated rings. The predicted molar refractivity (Wildman–Crippen MR) is 157 cm³/mol. The quantitative estimate of drug-likeness (QED) is 0.340. The summed E-state index contributed by atoms with van der Waals surface area (Å²) >= 11 is 12.4. The van der Waals surface area contributed by atoms with Crippen LogP contribution in [0.1, 0.15) is 38.8 Å². The molecule has 3 aromatic carbocycles. The summed E-state index contributed by atoms with van der Waals surface area (Å²) in [4.78, 5) is 28.4. The molecule has 0 aliphatic rings. The molecular formula is C29H33Cl2N3O4S. The van der Waals surface area contributed by atoms with Crippen molar-refractivity contribution in [2.75, 3.05) is 10.8 Å². The van der Waals surface area contributed by atoms with Gasteiger partial charge in [0.05, 0.1) is 10.6 Å². The number of rotatable bonds is 9. The van der Waals surface area contributed by atoms with Gasteiger partial charge in [-0.1, -0.05) is 53.5 Å². The van der Waals surface area contributed by atoms with Crippen molar-refractivity contribution in [3.05, 3.63) is 94.0 Å². The Labute approximate surface area is 240 Å². The number of halogens is 2. The zero-order chi connectivity index (χ0) is 29.0. The SMILES string of the molecule is Cc1cccc(N(CC(=O)N(Cc2ccccc2Cl)[C@H](C)C(=O)NC(C)(C)C)S(=O)(=O)c2ccc(Cl)cc2)c1. The summed E-state index contributed by atoms with van der Waals surface area (Å²) in [6, 6.07) is 18.7. The van der Waals surface area contributed by atoms with Crippen LogP contribution in [0.2, 0.25) is 10.0 Å². The molecule has 0 unspecified atom stereocenters. The van der Waals surface area contributed by atoms with Crippen molar-refractivity contribution in [1.29, 1.82) is 0 Å². The fourth-order valence-corrected chi connectivity index (χ4v) is 5.64. The highest BCUT2D eigenvalue weighted by atomic mass is 35.5. The summed E-state index contributed by atoms with van der Waals surface area (Å²) in [6.07, 6.45) is 0. The molecule has 3 aromatic rings. The van der Waals surface area contributed by atoms with Gasteiger partial charge in [-0.3, -0.25) is 13.9 Å². The first-order chi connectivity index (χ1) is 18.2. The first-order valence-corrected chi connectivity index (χ1v) is 14.6. The van der Waals surface area contributed by atoms with Gasteiger partial charge in [-0.15, -0.1) is 0 Å². The fourth-order valence-electron chi connectivity index (χ4n) is 3.91. The molecule has 0 aromatic heterocycles. The molecule has 0 radical (unpaired) electrons. The van der Waals surface area contributed by atoms with E-state index in [4.69, 9.17) is 23.2 Å². The summed E-state index contributed by atoms with van der Waals surface area (Å²) in [5.41, 5.74) is 1.24. The van der Waals surface area contributed by atoms with Crippen LogP contribution in [0.4, 0.5) is 5.69 Å². The van der Waals surface area contributed by atoms with Gasteiger partial charge in [0.15, 0.2) is 0 Å². The number of nitrogens with zero attached hydrogens (tertiary/aromatic N) is 2. The Morgan fingerprint density at radius 1 is 0.949 bits per heavy atom. The van der Waals surface area contributed by atoms with Crippen LogP contribution < -0.4 is 9.62 Å². The number of anilines is 1. The van der Waals surface area contributed by atoms with Gasteiger partial charge < -0.3 is 10.2 Å². The van der Waals surface area contributed by atoms with E-state index in [0.29, 0.717) is 21.3 Å². The van der Waals surface area contributed by atoms with Gasteiger partial charge in [-0.2, -0.15) is 0 Å². The second-order valence-electron chi connectivity index (χ2n) is 10.3. The zero-order valence-corrected chi connectivity index (χ0v) is 24.9. The molecule has 39 heavy (non-hydrogen) atoms. The highest BCUT2D eigenvalue weighted by Gasteiger charge is 2.33. The average Bonchev–Trinajstić information content (AvgIpc) is 2.85. The molecule has 0 saturated carbocycles. The summed E-state index contributed by atoms with van der Waals surface area (Å²) in [6.45, 7) is 8.45.